The number of carbonyl (C=O) groups is 2. The number of benzene rings is 2. The van der Waals surface area contributed by atoms with Gasteiger partial charge >= 0.3 is 5.97 Å². The van der Waals surface area contributed by atoms with Gasteiger partial charge < -0.3 is 14.8 Å². The fourth-order valence-corrected chi connectivity index (χ4v) is 2.27. The van der Waals surface area contributed by atoms with E-state index < -0.39 is 12.1 Å². The molecule has 0 spiro atoms. The maximum atomic E-state index is 12.5. The van der Waals surface area contributed by atoms with Gasteiger partial charge in [-0.2, -0.15) is 0 Å². The average molecular weight is 327 g/mol. The first kappa shape index (κ1) is 17.5. The monoisotopic (exact) mass is 327 g/mol. The highest BCUT2D eigenvalue weighted by atomic mass is 16.5. The molecule has 0 fully saturated rings. The minimum atomic E-state index is -0.655. The standard InChI is InChI=1S/C19H21NO4/c1-4-17(24-14-9-7-8-13(2)12-14)18(21)20-16-11-6-5-10-15(16)19(22)23-3/h5-12,17H,4H2,1-3H3,(H,20,21)/t17-/m1/s1. The third-order valence-electron chi connectivity index (χ3n) is 3.52. The maximum absolute atomic E-state index is 12.5. The van der Waals surface area contributed by atoms with Crippen LogP contribution in [-0.2, 0) is 9.53 Å². The van der Waals surface area contributed by atoms with E-state index in [1.54, 1.807) is 24.3 Å². The SMILES string of the molecule is CC[C@@H](Oc1cccc(C)c1)C(=O)Nc1ccccc1C(=O)OC. The molecule has 0 unspecified atom stereocenters. The maximum Gasteiger partial charge on any atom is 0.339 e. The molecule has 2 aromatic carbocycles. The summed E-state index contributed by atoms with van der Waals surface area (Å²) in [7, 11) is 1.30. The molecule has 126 valence electrons. The van der Waals surface area contributed by atoms with Crippen LogP contribution >= 0.6 is 0 Å². The van der Waals surface area contributed by atoms with E-state index in [9.17, 15) is 9.59 Å². The normalized spacial score (nSPS) is 11.5. The Labute approximate surface area is 141 Å². The van der Waals surface area contributed by atoms with Crippen molar-refractivity contribution in [2.45, 2.75) is 26.4 Å². The van der Waals surface area contributed by atoms with Crippen LogP contribution in [0.1, 0.15) is 29.3 Å². The molecule has 1 N–H and O–H groups in total. The Morgan fingerprint density at radius 3 is 2.54 bits per heavy atom. The van der Waals surface area contributed by atoms with Crippen molar-refractivity contribution in [3.05, 3.63) is 59.7 Å². The van der Waals surface area contributed by atoms with Crippen molar-refractivity contribution in [3.8, 4) is 5.75 Å². The Balaban J connectivity index is 2.14. The number of aryl methyl sites for hydroxylation is 1. The molecule has 5 nitrogen and oxygen atoms in total. The number of anilines is 1. The number of amides is 1. The van der Waals surface area contributed by atoms with Crippen molar-refractivity contribution in [2.24, 2.45) is 0 Å². The van der Waals surface area contributed by atoms with Crippen LogP contribution in [0.3, 0.4) is 0 Å². The lowest BCUT2D eigenvalue weighted by Crippen LogP contribution is -2.33. The lowest BCUT2D eigenvalue weighted by Gasteiger charge is -2.18. The molecule has 2 aromatic rings. The summed E-state index contributed by atoms with van der Waals surface area (Å²) in [5.41, 5.74) is 1.76. The number of ether oxygens (including phenoxy) is 2. The number of carbonyl (C=O) groups excluding carboxylic acids is 2. The van der Waals surface area contributed by atoms with E-state index in [-0.39, 0.29) is 5.91 Å². The van der Waals surface area contributed by atoms with Gasteiger partial charge in [0.2, 0.25) is 0 Å². The van der Waals surface area contributed by atoms with E-state index in [0.29, 0.717) is 23.4 Å². The van der Waals surface area contributed by atoms with Crippen LogP contribution in [0.4, 0.5) is 5.69 Å². The predicted molar refractivity (Wildman–Crippen MR) is 92.3 cm³/mol. The summed E-state index contributed by atoms with van der Waals surface area (Å²) in [5.74, 6) is -0.174. The van der Waals surface area contributed by atoms with Crippen molar-refractivity contribution in [1.82, 2.24) is 0 Å². The summed E-state index contributed by atoms with van der Waals surface area (Å²) in [6.45, 7) is 3.83. The van der Waals surface area contributed by atoms with Crippen LogP contribution in [0.15, 0.2) is 48.5 Å². The molecule has 1 atom stereocenters. The van der Waals surface area contributed by atoms with Gasteiger partial charge in [0.15, 0.2) is 6.10 Å². The van der Waals surface area contributed by atoms with Crippen LogP contribution < -0.4 is 10.1 Å². The van der Waals surface area contributed by atoms with Gasteiger partial charge in [0.1, 0.15) is 5.75 Å². The molecule has 0 saturated heterocycles. The Morgan fingerprint density at radius 1 is 1.12 bits per heavy atom. The predicted octanol–water partition coefficient (Wildman–Crippen LogP) is 3.58. The Kier molecular flexibility index (Phi) is 5.95. The van der Waals surface area contributed by atoms with Crippen LogP contribution in [0.2, 0.25) is 0 Å². The number of methoxy groups -OCH3 is 1. The molecule has 0 aromatic heterocycles. The molecule has 0 saturated carbocycles. The molecule has 0 aliphatic carbocycles. The van der Waals surface area contributed by atoms with E-state index in [4.69, 9.17) is 9.47 Å². The van der Waals surface area contributed by atoms with E-state index in [2.05, 4.69) is 5.32 Å². The number of nitrogens with one attached hydrogen (secondary N) is 1. The molecule has 24 heavy (non-hydrogen) atoms. The van der Waals surface area contributed by atoms with Gasteiger partial charge in [-0.25, -0.2) is 4.79 Å². The molecule has 0 aliphatic rings. The van der Waals surface area contributed by atoms with Crippen LogP contribution in [0, 0.1) is 6.92 Å². The summed E-state index contributed by atoms with van der Waals surface area (Å²) >= 11 is 0. The number of rotatable bonds is 6. The molecule has 2 rings (SSSR count). The molecule has 0 aliphatic heterocycles. The van der Waals surface area contributed by atoms with Gasteiger partial charge in [-0.3, -0.25) is 4.79 Å². The van der Waals surface area contributed by atoms with E-state index >= 15 is 0 Å². The number of esters is 1. The van der Waals surface area contributed by atoms with Gasteiger partial charge in [-0.15, -0.1) is 0 Å². The number of hydrogen-bond donors (Lipinski definition) is 1. The van der Waals surface area contributed by atoms with Crippen LogP contribution in [-0.4, -0.2) is 25.1 Å². The van der Waals surface area contributed by atoms with Gasteiger partial charge in [-0.1, -0.05) is 31.2 Å². The van der Waals surface area contributed by atoms with Gasteiger partial charge in [0, 0.05) is 0 Å². The minimum Gasteiger partial charge on any atom is -0.481 e. The Hall–Kier alpha value is -2.82. The van der Waals surface area contributed by atoms with Gasteiger partial charge in [0.05, 0.1) is 18.4 Å². The topological polar surface area (TPSA) is 64.6 Å². The zero-order valence-electron chi connectivity index (χ0n) is 14.0. The first-order valence-corrected chi connectivity index (χ1v) is 7.76. The third-order valence-corrected chi connectivity index (χ3v) is 3.52. The van der Waals surface area contributed by atoms with Crippen molar-refractivity contribution in [2.75, 3.05) is 12.4 Å². The second-order valence-electron chi connectivity index (χ2n) is 5.36. The summed E-state index contributed by atoms with van der Waals surface area (Å²) in [5, 5.41) is 2.75. The summed E-state index contributed by atoms with van der Waals surface area (Å²) < 4.78 is 10.5. The number of para-hydroxylation sites is 1. The summed E-state index contributed by atoms with van der Waals surface area (Å²) in [6, 6.07) is 14.2. The second-order valence-corrected chi connectivity index (χ2v) is 5.36. The first-order valence-electron chi connectivity index (χ1n) is 7.76. The van der Waals surface area contributed by atoms with Crippen molar-refractivity contribution in [1.29, 1.82) is 0 Å². The molecule has 0 bridgehead atoms. The van der Waals surface area contributed by atoms with E-state index in [0.717, 1.165) is 5.56 Å². The summed E-state index contributed by atoms with van der Waals surface area (Å²) in [4.78, 5) is 24.3. The lowest BCUT2D eigenvalue weighted by atomic mass is 10.1. The van der Waals surface area contributed by atoms with Crippen molar-refractivity contribution < 1.29 is 19.1 Å². The Morgan fingerprint density at radius 2 is 1.88 bits per heavy atom. The van der Waals surface area contributed by atoms with Crippen LogP contribution in [0.25, 0.3) is 0 Å². The van der Waals surface area contributed by atoms with Gasteiger partial charge in [0.25, 0.3) is 5.91 Å². The molecular weight excluding hydrogens is 306 g/mol. The second kappa shape index (κ2) is 8.15. The van der Waals surface area contributed by atoms with E-state index in [1.165, 1.54) is 7.11 Å². The highest BCUT2D eigenvalue weighted by Gasteiger charge is 2.21. The summed E-state index contributed by atoms with van der Waals surface area (Å²) in [6.07, 6.45) is -0.155. The van der Waals surface area contributed by atoms with E-state index in [1.807, 2.05) is 38.1 Å². The lowest BCUT2D eigenvalue weighted by molar-refractivity contribution is -0.122. The van der Waals surface area contributed by atoms with Crippen LogP contribution in [0.5, 0.6) is 5.75 Å². The molecule has 1 amide bonds. The van der Waals surface area contributed by atoms with Crippen molar-refractivity contribution in [3.63, 3.8) is 0 Å². The largest absolute Gasteiger partial charge is 0.481 e. The quantitative estimate of drug-likeness (QED) is 0.824. The molecular formula is C19H21NO4. The third kappa shape index (κ3) is 4.35. The number of hydrogen-bond acceptors (Lipinski definition) is 4. The smallest absolute Gasteiger partial charge is 0.339 e. The van der Waals surface area contributed by atoms with Gasteiger partial charge in [-0.05, 0) is 43.2 Å². The minimum absolute atomic E-state index is 0.304. The first-order chi connectivity index (χ1) is 11.5. The zero-order chi connectivity index (χ0) is 17.5. The zero-order valence-corrected chi connectivity index (χ0v) is 14.0. The Bertz CT molecular complexity index is 727. The molecule has 0 radical (unpaired) electrons. The average Bonchev–Trinajstić information content (AvgIpc) is 2.59. The van der Waals surface area contributed by atoms with Crippen molar-refractivity contribution >= 4 is 17.6 Å². The fourth-order valence-electron chi connectivity index (χ4n) is 2.27. The highest BCUT2D eigenvalue weighted by molar-refractivity contribution is 6.02. The highest BCUT2D eigenvalue weighted by Crippen LogP contribution is 2.19. The molecule has 0 heterocycles. The fraction of sp³-hybridized carbons (Fsp3) is 0.263. The molecule has 5 heteroatoms.